The van der Waals surface area contributed by atoms with Crippen LogP contribution in [0, 0.1) is 0 Å². The third-order valence-electron chi connectivity index (χ3n) is 4.56. The predicted molar refractivity (Wildman–Crippen MR) is 133 cm³/mol. The number of hydrazone groups is 1. The smallest absolute Gasteiger partial charge is 0.271 e. The number of hydrogen-bond donors (Lipinski definition) is 1. The molecule has 0 saturated heterocycles. The van der Waals surface area contributed by atoms with Gasteiger partial charge in [-0.05, 0) is 71.2 Å². The van der Waals surface area contributed by atoms with Gasteiger partial charge in [0.2, 0.25) is 0 Å². The lowest BCUT2D eigenvalue weighted by molar-refractivity contribution is 0.0955. The summed E-state index contributed by atoms with van der Waals surface area (Å²) < 4.78 is 13.5. The maximum atomic E-state index is 12.2. The molecule has 2 aromatic carbocycles. The minimum absolute atomic E-state index is 0.272. The van der Waals surface area contributed by atoms with E-state index in [2.05, 4.69) is 49.3 Å². The van der Waals surface area contributed by atoms with Crippen LogP contribution < -0.4 is 14.9 Å². The summed E-state index contributed by atoms with van der Waals surface area (Å²) in [6.45, 7) is 5.34. The van der Waals surface area contributed by atoms with Crippen molar-refractivity contribution in [3.63, 3.8) is 0 Å². The van der Waals surface area contributed by atoms with Crippen LogP contribution in [0.25, 0.3) is 0 Å². The first kappa shape index (κ1) is 25.4. The summed E-state index contributed by atoms with van der Waals surface area (Å²) in [5, 5.41) is 4.07. The summed E-state index contributed by atoms with van der Waals surface area (Å²) in [6.07, 6.45) is 8.87. The molecule has 0 aliphatic heterocycles. The molecule has 2 aromatic rings. The standard InChI is InChI=1S/C24H30Br2N2O3/c1-3-5-6-7-8-9-14-31-23-21(26)15-18(16-22(23)30-4-2)17-27-28-24(29)19-10-12-20(25)13-11-19/h10-13,15-17H,3-9,14H2,1-2H3,(H,28,29)/b27-17+. The summed E-state index contributed by atoms with van der Waals surface area (Å²) in [5.41, 5.74) is 3.87. The molecule has 0 saturated carbocycles. The lowest BCUT2D eigenvalue weighted by atomic mass is 10.1. The quantitative estimate of drug-likeness (QED) is 0.163. The van der Waals surface area contributed by atoms with Crippen molar-refractivity contribution in [1.82, 2.24) is 5.43 Å². The number of benzene rings is 2. The average Bonchev–Trinajstić information content (AvgIpc) is 2.75. The van der Waals surface area contributed by atoms with Crippen LogP contribution in [0.5, 0.6) is 11.5 Å². The van der Waals surface area contributed by atoms with E-state index in [0.29, 0.717) is 30.3 Å². The average molecular weight is 554 g/mol. The van der Waals surface area contributed by atoms with Crippen molar-refractivity contribution in [2.75, 3.05) is 13.2 Å². The lowest BCUT2D eigenvalue weighted by Gasteiger charge is -2.14. The Hall–Kier alpha value is -1.86. The number of hydrogen-bond acceptors (Lipinski definition) is 4. The second kappa shape index (κ2) is 14.2. The van der Waals surface area contributed by atoms with Crippen molar-refractivity contribution < 1.29 is 14.3 Å². The maximum absolute atomic E-state index is 12.2. The molecular weight excluding hydrogens is 524 g/mol. The predicted octanol–water partition coefficient (Wildman–Crippen LogP) is 7.11. The molecule has 0 spiro atoms. The molecule has 0 aromatic heterocycles. The van der Waals surface area contributed by atoms with E-state index in [-0.39, 0.29) is 5.91 Å². The summed E-state index contributed by atoms with van der Waals surface area (Å²) >= 11 is 6.93. The monoisotopic (exact) mass is 552 g/mol. The van der Waals surface area contributed by atoms with Crippen LogP contribution in [0.15, 0.2) is 50.4 Å². The van der Waals surface area contributed by atoms with E-state index in [4.69, 9.17) is 9.47 Å². The molecule has 0 fully saturated rings. The van der Waals surface area contributed by atoms with Gasteiger partial charge >= 0.3 is 0 Å². The zero-order valence-corrected chi connectivity index (χ0v) is 21.3. The van der Waals surface area contributed by atoms with Crippen LogP contribution in [0.2, 0.25) is 0 Å². The summed E-state index contributed by atoms with van der Waals surface area (Å²) in [6, 6.07) is 10.8. The third kappa shape index (κ3) is 9.03. The molecular formula is C24H30Br2N2O3. The van der Waals surface area contributed by atoms with E-state index in [0.717, 1.165) is 20.9 Å². The minimum atomic E-state index is -0.272. The Kier molecular flexibility index (Phi) is 11.7. The fourth-order valence-electron chi connectivity index (χ4n) is 2.95. The van der Waals surface area contributed by atoms with Crippen LogP contribution in [0.4, 0.5) is 0 Å². The summed E-state index contributed by atoms with van der Waals surface area (Å²) in [4.78, 5) is 12.2. The van der Waals surface area contributed by atoms with Crippen LogP contribution in [0.3, 0.4) is 0 Å². The van der Waals surface area contributed by atoms with E-state index in [1.165, 1.54) is 32.1 Å². The molecule has 7 heteroatoms. The van der Waals surface area contributed by atoms with Gasteiger partial charge in [0.1, 0.15) is 0 Å². The van der Waals surface area contributed by atoms with E-state index in [1.54, 1.807) is 18.3 Å². The zero-order valence-electron chi connectivity index (χ0n) is 18.1. The molecule has 0 unspecified atom stereocenters. The van der Waals surface area contributed by atoms with Gasteiger partial charge in [-0.1, -0.05) is 55.0 Å². The normalized spacial score (nSPS) is 11.0. The van der Waals surface area contributed by atoms with Crippen LogP contribution in [0.1, 0.15) is 68.3 Å². The fraction of sp³-hybridized carbons (Fsp3) is 0.417. The molecule has 168 valence electrons. The van der Waals surface area contributed by atoms with Crippen LogP contribution in [-0.2, 0) is 0 Å². The van der Waals surface area contributed by atoms with Gasteiger partial charge in [0.25, 0.3) is 5.91 Å². The Bertz CT molecular complexity index is 855. The Morgan fingerprint density at radius 3 is 2.42 bits per heavy atom. The maximum Gasteiger partial charge on any atom is 0.271 e. The third-order valence-corrected chi connectivity index (χ3v) is 5.68. The zero-order chi connectivity index (χ0) is 22.5. The van der Waals surface area contributed by atoms with Crippen molar-refractivity contribution in [1.29, 1.82) is 0 Å². The first-order valence-electron chi connectivity index (χ1n) is 10.7. The lowest BCUT2D eigenvalue weighted by Crippen LogP contribution is -2.17. The van der Waals surface area contributed by atoms with Crippen molar-refractivity contribution >= 4 is 44.0 Å². The fourth-order valence-corrected chi connectivity index (χ4v) is 3.79. The molecule has 0 bridgehead atoms. The molecule has 0 aliphatic rings. The Morgan fingerprint density at radius 1 is 1.00 bits per heavy atom. The highest BCUT2D eigenvalue weighted by Gasteiger charge is 2.12. The van der Waals surface area contributed by atoms with Crippen molar-refractivity contribution in [2.24, 2.45) is 5.10 Å². The Balaban J connectivity index is 1.95. The Labute approximate surface area is 201 Å². The largest absolute Gasteiger partial charge is 0.490 e. The van der Waals surface area contributed by atoms with Gasteiger partial charge in [0.05, 0.1) is 23.9 Å². The highest BCUT2D eigenvalue weighted by Crippen LogP contribution is 2.36. The van der Waals surface area contributed by atoms with Gasteiger partial charge in [-0.3, -0.25) is 4.79 Å². The van der Waals surface area contributed by atoms with Gasteiger partial charge in [-0.2, -0.15) is 5.10 Å². The number of carbonyl (C=O) groups is 1. The van der Waals surface area contributed by atoms with Crippen molar-refractivity contribution in [3.8, 4) is 11.5 Å². The summed E-state index contributed by atoms with van der Waals surface area (Å²) in [7, 11) is 0. The summed E-state index contributed by atoms with van der Waals surface area (Å²) in [5.74, 6) is 1.08. The van der Waals surface area contributed by atoms with E-state index < -0.39 is 0 Å². The number of halogens is 2. The minimum Gasteiger partial charge on any atom is -0.490 e. The first-order chi connectivity index (χ1) is 15.0. The molecule has 0 heterocycles. The van der Waals surface area contributed by atoms with E-state index >= 15 is 0 Å². The number of carbonyl (C=O) groups excluding carboxylic acids is 1. The van der Waals surface area contributed by atoms with E-state index in [1.807, 2.05) is 31.2 Å². The SMILES string of the molecule is CCCCCCCCOc1c(Br)cc(/C=N/NC(=O)c2ccc(Br)cc2)cc1OCC. The number of amides is 1. The van der Waals surface area contributed by atoms with Crippen LogP contribution >= 0.6 is 31.9 Å². The Morgan fingerprint density at radius 2 is 1.71 bits per heavy atom. The highest BCUT2D eigenvalue weighted by molar-refractivity contribution is 9.10. The molecule has 0 radical (unpaired) electrons. The number of ether oxygens (including phenoxy) is 2. The number of nitrogens with zero attached hydrogens (tertiary/aromatic N) is 1. The van der Waals surface area contributed by atoms with Gasteiger partial charge < -0.3 is 9.47 Å². The van der Waals surface area contributed by atoms with Gasteiger partial charge in [-0.15, -0.1) is 0 Å². The first-order valence-corrected chi connectivity index (χ1v) is 12.3. The second-order valence-electron chi connectivity index (χ2n) is 7.09. The van der Waals surface area contributed by atoms with Crippen molar-refractivity contribution in [2.45, 2.75) is 52.4 Å². The molecule has 2 rings (SSSR count). The molecule has 0 atom stereocenters. The van der Waals surface area contributed by atoms with Crippen LogP contribution in [-0.4, -0.2) is 25.3 Å². The second-order valence-corrected chi connectivity index (χ2v) is 8.86. The topological polar surface area (TPSA) is 59.9 Å². The highest BCUT2D eigenvalue weighted by atomic mass is 79.9. The molecule has 1 amide bonds. The number of unbranched alkanes of at least 4 members (excludes halogenated alkanes) is 5. The van der Waals surface area contributed by atoms with Crippen molar-refractivity contribution in [3.05, 3.63) is 56.5 Å². The van der Waals surface area contributed by atoms with Gasteiger partial charge in [0.15, 0.2) is 11.5 Å². The molecule has 31 heavy (non-hydrogen) atoms. The van der Waals surface area contributed by atoms with Gasteiger partial charge in [-0.25, -0.2) is 5.43 Å². The van der Waals surface area contributed by atoms with Gasteiger partial charge in [0, 0.05) is 10.0 Å². The molecule has 5 nitrogen and oxygen atoms in total. The number of nitrogens with one attached hydrogen (secondary N) is 1. The number of rotatable bonds is 13. The van der Waals surface area contributed by atoms with E-state index in [9.17, 15) is 4.79 Å². The molecule has 1 N–H and O–H groups in total. The molecule has 0 aliphatic carbocycles.